The van der Waals surface area contributed by atoms with Gasteiger partial charge in [-0.15, -0.1) is 5.10 Å². The summed E-state index contributed by atoms with van der Waals surface area (Å²) in [6.45, 7) is 8.30. The molecule has 12 nitrogen and oxygen atoms in total. The van der Waals surface area contributed by atoms with E-state index < -0.39 is 6.09 Å². The zero-order valence-electron chi connectivity index (χ0n) is 22.5. The number of aromatic nitrogens is 6. The van der Waals surface area contributed by atoms with Crippen LogP contribution < -0.4 is 15.5 Å². The van der Waals surface area contributed by atoms with Crippen molar-refractivity contribution in [3.63, 3.8) is 0 Å². The van der Waals surface area contributed by atoms with Crippen LogP contribution in [0.25, 0.3) is 27.0 Å². The first kappa shape index (κ1) is 26.0. The maximum atomic E-state index is 11.0. The lowest BCUT2D eigenvalue weighted by Crippen LogP contribution is -2.42. The van der Waals surface area contributed by atoms with Gasteiger partial charge < -0.3 is 20.1 Å². The van der Waals surface area contributed by atoms with Gasteiger partial charge in [0.25, 0.3) is 0 Å². The van der Waals surface area contributed by atoms with Crippen molar-refractivity contribution in [2.24, 2.45) is 0 Å². The molecule has 1 aromatic carbocycles. The first-order valence-electron chi connectivity index (χ1n) is 13.3. The van der Waals surface area contributed by atoms with Crippen LogP contribution in [0.15, 0.2) is 42.7 Å². The molecular weight excluding hydrogens is 530 g/mol. The number of nitrogens with one attached hydrogen (secondary N) is 2. The van der Waals surface area contributed by atoms with E-state index in [1.807, 2.05) is 54.5 Å². The molecule has 1 unspecified atom stereocenters. The molecule has 2 atom stereocenters. The zero-order chi connectivity index (χ0) is 27.8. The number of pyridine rings is 1. The number of aryl methyl sites for hydroxylation is 1. The minimum atomic E-state index is -1.09. The number of benzene rings is 1. The van der Waals surface area contributed by atoms with Crippen LogP contribution in [-0.2, 0) is 4.74 Å². The summed E-state index contributed by atoms with van der Waals surface area (Å²) in [6, 6.07) is 9.64. The summed E-state index contributed by atoms with van der Waals surface area (Å²) in [5.74, 6) is 0.599. The molecule has 5 aromatic rings. The molecule has 5 heterocycles. The fraction of sp³-hybridized carbons (Fsp3) is 0.370. The molecule has 3 N–H and O–H groups in total. The van der Waals surface area contributed by atoms with Crippen molar-refractivity contribution in [2.75, 3.05) is 35.2 Å². The van der Waals surface area contributed by atoms with Gasteiger partial charge in [0.2, 0.25) is 5.95 Å². The molecule has 4 aromatic heterocycles. The number of nitrogens with zero attached hydrogens (tertiary/aromatic N) is 7. The van der Waals surface area contributed by atoms with Crippen LogP contribution >= 0.6 is 11.3 Å². The highest BCUT2D eigenvalue weighted by Gasteiger charge is 2.24. The van der Waals surface area contributed by atoms with Crippen molar-refractivity contribution in [3.05, 3.63) is 48.4 Å². The summed E-state index contributed by atoms with van der Waals surface area (Å²) in [7, 11) is 0. The number of thiazole rings is 1. The summed E-state index contributed by atoms with van der Waals surface area (Å²) >= 11 is 1.61. The van der Waals surface area contributed by atoms with Gasteiger partial charge in [-0.2, -0.15) is 10.1 Å². The fourth-order valence-corrected chi connectivity index (χ4v) is 6.12. The van der Waals surface area contributed by atoms with Crippen LogP contribution in [0.2, 0.25) is 0 Å². The molecule has 1 fully saturated rings. The van der Waals surface area contributed by atoms with Gasteiger partial charge >= 0.3 is 6.09 Å². The molecule has 0 bridgehead atoms. The zero-order valence-corrected chi connectivity index (χ0v) is 23.4. The highest BCUT2D eigenvalue weighted by atomic mass is 32.1. The second-order valence-corrected chi connectivity index (χ2v) is 10.8. The molecular formula is C27H31N9O3S. The first-order chi connectivity index (χ1) is 19.4. The van der Waals surface area contributed by atoms with E-state index in [1.54, 1.807) is 23.5 Å². The third-order valence-corrected chi connectivity index (χ3v) is 8.18. The number of piperidine rings is 1. The fourth-order valence-electron chi connectivity index (χ4n) is 5.13. The van der Waals surface area contributed by atoms with Crippen molar-refractivity contribution in [3.8, 4) is 11.1 Å². The van der Waals surface area contributed by atoms with E-state index in [0.717, 1.165) is 63.7 Å². The SMILES string of the molecule is CCOC(C)n1cc(-c2ccc3nc(N[C@@H]4CCCN(c5nc6cc(NC(=O)O)ccc6s5)C4)nn3c2C)cn1. The lowest BCUT2D eigenvalue weighted by atomic mass is 10.1. The molecule has 0 saturated carbocycles. The molecule has 1 saturated heterocycles. The van der Waals surface area contributed by atoms with Crippen molar-refractivity contribution in [1.82, 2.24) is 29.4 Å². The standard InChI is InChI=1S/C27H31N9O3S/c1-4-39-17(3)35-14-18(13-28-35)21-8-10-24-32-25(33-36(24)16(21)2)29-20-6-5-11-34(15-20)26-31-22-12-19(30-27(37)38)7-9-23(22)40-26/h7-10,12-14,17,20,30H,4-6,11,15H2,1-3H3,(H,29,33)(H,37,38)/t17?,20-/m1/s1. The van der Waals surface area contributed by atoms with Crippen molar-refractivity contribution in [1.29, 1.82) is 0 Å². The normalized spacial score (nSPS) is 16.5. The topological polar surface area (TPSA) is 135 Å². The van der Waals surface area contributed by atoms with Gasteiger partial charge in [0, 0.05) is 54.4 Å². The molecule has 0 radical (unpaired) electrons. The summed E-state index contributed by atoms with van der Waals surface area (Å²) < 4.78 is 10.4. The Hall–Kier alpha value is -4.23. The molecule has 40 heavy (non-hydrogen) atoms. The molecule has 13 heteroatoms. The van der Waals surface area contributed by atoms with E-state index in [2.05, 4.69) is 26.7 Å². The lowest BCUT2D eigenvalue weighted by molar-refractivity contribution is 0.0160. The Morgan fingerprint density at radius 2 is 2.15 bits per heavy atom. The molecule has 1 aliphatic heterocycles. The Bertz CT molecular complexity index is 1680. The quantitative estimate of drug-likeness (QED) is 0.232. The molecule has 1 aliphatic rings. The largest absolute Gasteiger partial charge is 0.465 e. The Morgan fingerprint density at radius 3 is 2.98 bits per heavy atom. The highest BCUT2D eigenvalue weighted by Crippen LogP contribution is 2.32. The smallest absolute Gasteiger partial charge is 0.409 e. The number of carboxylic acid groups (broad SMARTS) is 1. The third kappa shape index (κ3) is 5.17. The minimum Gasteiger partial charge on any atom is -0.465 e. The van der Waals surface area contributed by atoms with Crippen LogP contribution in [-0.4, -0.2) is 66.3 Å². The monoisotopic (exact) mass is 561 g/mol. The lowest BCUT2D eigenvalue weighted by Gasteiger charge is -2.32. The molecule has 1 amide bonds. The number of amides is 1. The molecule has 0 spiro atoms. The number of fused-ring (bicyclic) bond motifs is 2. The predicted molar refractivity (Wildman–Crippen MR) is 155 cm³/mol. The van der Waals surface area contributed by atoms with E-state index in [0.29, 0.717) is 18.2 Å². The average molecular weight is 562 g/mol. The Kier molecular flexibility index (Phi) is 6.98. The number of anilines is 3. The van der Waals surface area contributed by atoms with Crippen LogP contribution in [0, 0.1) is 6.92 Å². The second kappa shape index (κ2) is 10.7. The minimum absolute atomic E-state index is 0.130. The van der Waals surface area contributed by atoms with Gasteiger partial charge in [-0.3, -0.25) is 5.32 Å². The summed E-state index contributed by atoms with van der Waals surface area (Å²) in [4.78, 5) is 22.8. The number of ether oxygens (including phenoxy) is 1. The van der Waals surface area contributed by atoms with E-state index >= 15 is 0 Å². The van der Waals surface area contributed by atoms with Crippen molar-refractivity contribution in [2.45, 2.75) is 45.9 Å². The summed E-state index contributed by atoms with van der Waals surface area (Å²) in [5, 5.41) is 25.1. The summed E-state index contributed by atoms with van der Waals surface area (Å²) in [5.41, 5.74) is 5.11. The summed E-state index contributed by atoms with van der Waals surface area (Å²) in [6.07, 6.45) is 4.64. The average Bonchev–Trinajstić information content (AvgIpc) is 3.67. The second-order valence-electron chi connectivity index (χ2n) is 9.84. The molecule has 0 aliphatic carbocycles. The van der Waals surface area contributed by atoms with Gasteiger partial charge in [-0.05, 0) is 63.9 Å². The Balaban J connectivity index is 1.18. The van der Waals surface area contributed by atoms with Gasteiger partial charge in [-0.1, -0.05) is 11.3 Å². The molecule has 6 rings (SSSR count). The van der Waals surface area contributed by atoms with Crippen molar-refractivity contribution >= 4 is 50.1 Å². The number of carbonyl (C=O) groups is 1. The van der Waals surface area contributed by atoms with E-state index in [4.69, 9.17) is 24.9 Å². The van der Waals surface area contributed by atoms with Crippen LogP contribution in [0.4, 0.5) is 21.6 Å². The number of hydrogen-bond acceptors (Lipinski definition) is 9. The third-order valence-electron chi connectivity index (χ3n) is 7.08. The van der Waals surface area contributed by atoms with Gasteiger partial charge in [0.15, 0.2) is 10.8 Å². The van der Waals surface area contributed by atoms with Crippen molar-refractivity contribution < 1.29 is 14.6 Å². The van der Waals surface area contributed by atoms with Gasteiger partial charge in [0.1, 0.15) is 6.23 Å². The number of hydrogen-bond donors (Lipinski definition) is 3. The molecule has 208 valence electrons. The Labute approximate surface area is 234 Å². The maximum Gasteiger partial charge on any atom is 0.409 e. The van der Waals surface area contributed by atoms with Crippen LogP contribution in [0.1, 0.15) is 38.6 Å². The van der Waals surface area contributed by atoms with Gasteiger partial charge in [-0.25, -0.2) is 19.0 Å². The number of rotatable bonds is 8. The predicted octanol–water partition coefficient (Wildman–Crippen LogP) is 5.24. The van der Waals surface area contributed by atoms with Crippen LogP contribution in [0.3, 0.4) is 0 Å². The highest BCUT2D eigenvalue weighted by molar-refractivity contribution is 7.22. The van der Waals surface area contributed by atoms with E-state index in [1.165, 1.54) is 0 Å². The van der Waals surface area contributed by atoms with E-state index in [-0.39, 0.29) is 12.3 Å². The Morgan fingerprint density at radius 1 is 1.27 bits per heavy atom. The maximum absolute atomic E-state index is 11.0. The first-order valence-corrected chi connectivity index (χ1v) is 14.1. The van der Waals surface area contributed by atoms with Gasteiger partial charge in [0.05, 0.1) is 16.4 Å². The van der Waals surface area contributed by atoms with E-state index in [9.17, 15) is 4.79 Å². The van der Waals surface area contributed by atoms with Crippen LogP contribution in [0.5, 0.6) is 0 Å².